The largest absolute Gasteiger partial charge is 0.383 e. The molecule has 6 nitrogen and oxygen atoms in total. The number of carbonyl (C=O) groups is 2. The summed E-state index contributed by atoms with van der Waals surface area (Å²) in [7, 11) is 1.64. The van der Waals surface area contributed by atoms with Gasteiger partial charge in [-0.05, 0) is 0 Å². The van der Waals surface area contributed by atoms with E-state index in [-0.39, 0.29) is 17.2 Å². The molecule has 1 rings (SSSR count). The van der Waals surface area contributed by atoms with Crippen molar-refractivity contribution in [3.8, 4) is 0 Å². The van der Waals surface area contributed by atoms with Gasteiger partial charge in [0.2, 0.25) is 5.91 Å². The van der Waals surface area contributed by atoms with E-state index in [0.29, 0.717) is 25.4 Å². The molecule has 0 bridgehead atoms. The van der Waals surface area contributed by atoms with Crippen molar-refractivity contribution in [1.29, 1.82) is 0 Å². The van der Waals surface area contributed by atoms with Crippen LogP contribution in [0.15, 0.2) is 0 Å². The highest BCUT2D eigenvalue weighted by Gasteiger charge is 2.27. The van der Waals surface area contributed by atoms with Crippen LogP contribution in [0.25, 0.3) is 0 Å². The van der Waals surface area contributed by atoms with Gasteiger partial charge in [0.25, 0.3) is 5.24 Å². The highest BCUT2D eigenvalue weighted by Crippen LogP contribution is 2.12. The summed E-state index contributed by atoms with van der Waals surface area (Å²) in [5.74, 6) is 0.397. The Morgan fingerprint density at radius 2 is 2.38 bits per heavy atom. The van der Waals surface area contributed by atoms with E-state index in [9.17, 15) is 9.59 Å². The van der Waals surface area contributed by atoms with Gasteiger partial charge in [-0.15, -0.1) is 0 Å². The molecule has 1 aliphatic heterocycles. The third kappa shape index (κ3) is 4.82. The van der Waals surface area contributed by atoms with Crippen LogP contribution in [0.5, 0.6) is 0 Å². The zero-order valence-electron chi connectivity index (χ0n) is 9.25. The Balaban J connectivity index is 2.00. The highest BCUT2D eigenvalue weighted by atomic mass is 32.2. The van der Waals surface area contributed by atoms with Gasteiger partial charge in [0.05, 0.1) is 6.61 Å². The predicted octanol–water partition coefficient (Wildman–Crippen LogP) is -0.836. The normalized spacial score (nSPS) is 19.6. The van der Waals surface area contributed by atoms with Crippen molar-refractivity contribution in [1.82, 2.24) is 16.0 Å². The summed E-state index contributed by atoms with van der Waals surface area (Å²) in [6.07, 6.45) is 0. The van der Waals surface area contributed by atoms with Crippen LogP contribution in [0.2, 0.25) is 0 Å². The molecule has 92 valence electrons. The molecule has 0 aliphatic carbocycles. The number of hydrogen-bond acceptors (Lipinski definition) is 5. The van der Waals surface area contributed by atoms with Crippen LogP contribution < -0.4 is 16.0 Å². The molecule has 0 radical (unpaired) electrons. The van der Waals surface area contributed by atoms with E-state index in [1.165, 1.54) is 0 Å². The quantitative estimate of drug-likeness (QED) is 0.511. The van der Waals surface area contributed by atoms with E-state index in [1.54, 1.807) is 7.11 Å². The molecule has 1 heterocycles. The maximum Gasteiger partial charge on any atom is 0.279 e. The van der Waals surface area contributed by atoms with Crippen LogP contribution in [-0.2, 0) is 9.53 Å². The van der Waals surface area contributed by atoms with Crippen molar-refractivity contribution >= 4 is 22.9 Å². The molecule has 7 heteroatoms. The molecule has 1 saturated heterocycles. The van der Waals surface area contributed by atoms with Crippen LogP contribution in [0.4, 0.5) is 4.79 Å². The van der Waals surface area contributed by atoms with Gasteiger partial charge < -0.3 is 20.7 Å². The fraction of sp³-hybridized carbons (Fsp3) is 0.778. The third-order valence-corrected chi connectivity index (χ3v) is 2.95. The number of rotatable bonds is 7. The fourth-order valence-electron chi connectivity index (χ4n) is 1.22. The Bertz CT molecular complexity index is 250. The second-order valence-electron chi connectivity index (χ2n) is 3.33. The Morgan fingerprint density at radius 1 is 1.56 bits per heavy atom. The second-order valence-corrected chi connectivity index (χ2v) is 4.32. The molecule has 1 aliphatic rings. The van der Waals surface area contributed by atoms with Gasteiger partial charge in [-0.25, -0.2) is 0 Å². The first-order chi connectivity index (χ1) is 7.74. The number of carbonyl (C=O) groups excluding carboxylic acids is 2. The molecule has 0 spiro atoms. The van der Waals surface area contributed by atoms with Crippen LogP contribution in [-0.4, -0.2) is 56.3 Å². The summed E-state index contributed by atoms with van der Waals surface area (Å²) in [5.41, 5.74) is 0. The molecular formula is C9H17N3O3S. The van der Waals surface area contributed by atoms with E-state index in [1.807, 2.05) is 0 Å². The maximum absolute atomic E-state index is 11.5. The van der Waals surface area contributed by atoms with Gasteiger partial charge in [0, 0.05) is 32.5 Å². The lowest BCUT2D eigenvalue weighted by atomic mass is 10.3. The van der Waals surface area contributed by atoms with Crippen molar-refractivity contribution in [2.24, 2.45) is 0 Å². The lowest BCUT2D eigenvalue weighted by Gasteiger charge is -2.10. The molecule has 2 amide bonds. The molecule has 0 saturated carbocycles. The summed E-state index contributed by atoms with van der Waals surface area (Å²) in [6, 6.07) is -0.378. The highest BCUT2D eigenvalue weighted by molar-refractivity contribution is 8.14. The lowest BCUT2D eigenvalue weighted by Crippen LogP contribution is -2.44. The average molecular weight is 247 g/mol. The van der Waals surface area contributed by atoms with Gasteiger partial charge in [-0.2, -0.15) is 0 Å². The summed E-state index contributed by atoms with van der Waals surface area (Å²) >= 11 is 1.14. The first-order valence-electron chi connectivity index (χ1n) is 5.14. The molecule has 0 aromatic heterocycles. The zero-order chi connectivity index (χ0) is 11.8. The number of ether oxygens (including phenoxy) is 1. The second kappa shape index (κ2) is 7.48. The zero-order valence-corrected chi connectivity index (χ0v) is 10.1. The van der Waals surface area contributed by atoms with Gasteiger partial charge >= 0.3 is 0 Å². The molecular weight excluding hydrogens is 230 g/mol. The molecule has 0 aromatic carbocycles. The Hall–Kier alpha value is -0.790. The van der Waals surface area contributed by atoms with Gasteiger partial charge in [0.15, 0.2) is 0 Å². The topological polar surface area (TPSA) is 79.5 Å². The van der Waals surface area contributed by atoms with Gasteiger partial charge in [-0.1, -0.05) is 11.8 Å². The first-order valence-corrected chi connectivity index (χ1v) is 6.13. The summed E-state index contributed by atoms with van der Waals surface area (Å²) < 4.78 is 4.86. The van der Waals surface area contributed by atoms with Crippen LogP contribution in [0, 0.1) is 0 Å². The minimum Gasteiger partial charge on any atom is -0.383 e. The van der Waals surface area contributed by atoms with E-state index in [4.69, 9.17) is 4.74 Å². The van der Waals surface area contributed by atoms with Crippen molar-refractivity contribution in [2.45, 2.75) is 6.04 Å². The van der Waals surface area contributed by atoms with E-state index < -0.39 is 0 Å². The predicted molar refractivity (Wildman–Crippen MR) is 62.5 cm³/mol. The molecule has 1 atom stereocenters. The smallest absolute Gasteiger partial charge is 0.279 e. The van der Waals surface area contributed by atoms with Crippen molar-refractivity contribution < 1.29 is 14.3 Å². The van der Waals surface area contributed by atoms with Crippen molar-refractivity contribution in [3.05, 3.63) is 0 Å². The maximum atomic E-state index is 11.5. The lowest BCUT2D eigenvalue weighted by molar-refractivity contribution is -0.122. The first kappa shape index (κ1) is 13.3. The van der Waals surface area contributed by atoms with E-state index >= 15 is 0 Å². The standard InChI is InChI=1S/C9H17N3O3S/c1-15-5-4-10-2-3-11-8(13)7-6-16-9(14)12-7/h7,10H,2-6H2,1H3,(H,11,13)(H,12,14). The average Bonchev–Trinajstić information content (AvgIpc) is 2.70. The van der Waals surface area contributed by atoms with Gasteiger partial charge in [-0.3, -0.25) is 9.59 Å². The van der Waals surface area contributed by atoms with Gasteiger partial charge in [0.1, 0.15) is 6.04 Å². The number of amides is 2. The third-order valence-electron chi connectivity index (χ3n) is 2.07. The molecule has 1 fully saturated rings. The summed E-state index contributed by atoms with van der Waals surface area (Å²) in [6.45, 7) is 2.67. The van der Waals surface area contributed by atoms with Crippen molar-refractivity contribution in [3.63, 3.8) is 0 Å². The molecule has 0 aromatic rings. The van der Waals surface area contributed by atoms with E-state index in [0.717, 1.165) is 18.3 Å². The number of nitrogens with one attached hydrogen (secondary N) is 3. The minimum atomic E-state index is -0.378. The Morgan fingerprint density at radius 3 is 3.00 bits per heavy atom. The number of methoxy groups -OCH3 is 1. The minimum absolute atomic E-state index is 0.119. The summed E-state index contributed by atoms with van der Waals surface area (Å²) in [5, 5.41) is 8.32. The monoisotopic (exact) mass is 247 g/mol. The number of hydrogen-bond donors (Lipinski definition) is 3. The summed E-state index contributed by atoms with van der Waals surface area (Å²) in [4.78, 5) is 22.3. The number of thioether (sulfide) groups is 1. The van der Waals surface area contributed by atoms with Crippen LogP contribution >= 0.6 is 11.8 Å². The Labute approximate surface area is 98.9 Å². The van der Waals surface area contributed by atoms with Crippen molar-refractivity contribution in [2.75, 3.05) is 39.1 Å². The SMILES string of the molecule is COCCNCCNC(=O)C1CSC(=O)N1. The molecule has 3 N–H and O–H groups in total. The molecule has 16 heavy (non-hydrogen) atoms. The fourth-order valence-corrected chi connectivity index (χ4v) is 2.00. The molecule has 1 unspecified atom stereocenters. The Kier molecular flexibility index (Phi) is 6.20. The van der Waals surface area contributed by atoms with Crippen LogP contribution in [0.1, 0.15) is 0 Å². The van der Waals surface area contributed by atoms with Crippen LogP contribution in [0.3, 0.4) is 0 Å². The van der Waals surface area contributed by atoms with E-state index in [2.05, 4.69) is 16.0 Å².